The first-order chi connectivity index (χ1) is 17.9. The van der Waals surface area contributed by atoms with Crippen molar-refractivity contribution in [3.8, 4) is 0 Å². The van der Waals surface area contributed by atoms with Crippen LogP contribution in [-0.4, -0.2) is 71.5 Å². The SMILES string of the molecule is CC(C)(C)OC(=O)N[C@@H](C(=O)NCC(=O)N[C@@H](CCCN=C(N)N)C(=O)c1nccs1)C1CCC(N)CC1. The van der Waals surface area contributed by atoms with E-state index >= 15 is 0 Å². The average Bonchev–Trinajstić information content (AvgIpc) is 3.37. The molecule has 1 saturated carbocycles. The fourth-order valence-electron chi connectivity index (χ4n) is 4.10. The van der Waals surface area contributed by atoms with Crippen molar-refractivity contribution in [3.05, 3.63) is 16.6 Å². The van der Waals surface area contributed by atoms with E-state index in [4.69, 9.17) is 21.9 Å². The number of alkyl carbamates (subject to hydrolysis) is 1. The third-order valence-electron chi connectivity index (χ3n) is 5.91. The van der Waals surface area contributed by atoms with Gasteiger partial charge >= 0.3 is 6.09 Å². The van der Waals surface area contributed by atoms with E-state index in [0.717, 1.165) is 12.8 Å². The van der Waals surface area contributed by atoms with Gasteiger partial charge in [-0.25, -0.2) is 9.78 Å². The Hall–Kier alpha value is -3.26. The van der Waals surface area contributed by atoms with E-state index < -0.39 is 35.6 Å². The topological polar surface area (TPSA) is 217 Å². The second-order valence-electron chi connectivity index (χ2n) is 10.3. The number of ether oxygens (including phenoxy) is 1. The van der Waals surface area contributed by atoms with Crippen molar-refractivity contribution in [1.29, 1.82) is 0 Å². The first-order valence-corrected chi connectivity index (χ1v) is 13.5. The number of ketones is 1. The molecule has 3 amide bonds. The third-order valence-corrected chi connectivity index (χ3v) is 6.69. The molecular formula is C24H40N8O5S. The lowest BCUT2D eigenvalue weighted by atomic mass is 9.81. The monoisotopic (exact) mass is 552 g/mol. The molecule has 2 rings (SSSR count). The van der Waals surface area contributed by atoms with Gasteiger partial charge in [0.25, 0.3) is 0 Å². The molecule has 0 aromatic carbocycles. The van der Waals surface area contributed by atoms with E-state index in [1.165, 1.54) is 17.5 Å². The molecule has 0 spiro atoms. The van der Waals surface area contributed by atoms with Crippen LogP contribution in [0.4, 0.5) is 4.79 Å². The van der Waals surface area contributed by atoms with Crippen molar-refractivity contribution in [1.82, 2.24) is 20.9 Å². The number of carbonyl (C=O) groups is 4. The highest BCUT2D eigenvalue weighted by Crippen LogP contribution is 2.26. The van der Waals surface area contributed by atoms with Crippen molar-refractivity contribution >= 4 is 41.0 Å². The molecule has 0 saturated heterocycles. The standard InChI is InChI=1S/C24H40N8O5S/c1-24(2,3)37-23(36)32-18(14-6-8-15(25)9-7-14)20(35)30-13-17(33)31-16(5-4-10-29-22(26)27)19(34)21-28-11-12-38-21/h11-12,14-16,18H,4-10,13,25H2,1-3H3,(H,30,35)(H,31,33)(H,32,36)(H4,26,27,29)/t14?,15?,16-,18+/m0/s1. The molecule has 0 unspecified atom stereocenters. The van der Waals surface area contributed by atoms with Crippen LogP contribution in [0.5, 0.6) is 0 Å². The molecule has 212 valence electrons. The smallest absolute Gasteiger partial charge is 0.408 e. The molecule has 0 bridgehead atoms. The Kier molecular flexibility index (Phi) is 11.9. The van der Waals surface area contributed by atoms with Crippen LogP contribution in [0.15, 0.2) is 16.6 Å². The molecule has 1 aliphatic rings. The van der Waals surface area contributed by atoms with Crippen molar-refractivity contribution in [2.45, 2.75) is 83.0 Å². The highest BCUT2D eigenvalue weighted by atomic mass is 32.1. The molecule has 2 atom stereocenters. The molecule has 38 heavy (non-hydrogen) atoms. The number of hydrogen-bond donors (Lipinski definition) is 6. The molecule has 14 heteroatoms. The second-order valence-corrected chi connectivity index (χ2v) is 11.2. The summed E-state index contributed by atoms with van der Waals surface area (Å²) in [6.07, 6.45) is 4.27. The number of amides is 3. The van der Waals surface area contributed by atoms with Gasteiger partial charge in [0.1, 0.15) is 11.6 Å². The Labute approximate surface area is 226 Å². The third kappa shape index (κ3) is 11.0. The summed E-state index contributed by atoms with van der Waals surface area (Å²) in [5.41, 5.74) is 16.0. The zero-order chi connectivity index (χ0) is 28.3. The fourth-order valence-corrected chi connectivity index (χ4v) is 4.73. The van der Waals surface area contributed by atoms with Crippen molar-refractivity contribution in [2.24, 2.45) is 28.1 Å². The average molecular weight is 553 g/mol. The lowest BCUT2D eigenvalue weighted by molar-refractivity contribution is -0.128. The Morgan fingerprint density at radius 3 is 2.42 bits per heavy atom. The zero-order valence-electron chi connectivity index (χ0n) is 22.2. The Bertz CT molecular complexity index is 967. The van der Waals surface area contributed by atoms with Crippen LogP contribution in [-0.2, 0) is 14.3 Å². The lowest BCUT2D eigenvalue weighted by Crippen LogP contribution is -2.54. The number of guanidine groups is 1. The second kappa shape index (κ2) is 14.6. The van der Waals surface area contributed by atoms with Gasteiger partial charge in [0.15, 0.2) is 11.0 Å². The number of carbonyl (C=O) groups excluding carboxylic acids is 4. The first kappa shape index (κ1) is 31.0. The summed E-state index contributed by atoms with van der Waals surface area (Å²) >= 11 is 1.17. The van der Waals surface area contributed by atoms with E-state index in [2.05, 4.69) is 25.9 Å². The molecule has 1 fully saturated rings. The maximum absolute atomic E-state index is 13.1. The summed E-state index contributed by atoms with van der Waals surface area (Å²) in [6.45, 7) is 5.10. The van der Waals surface area contributed by atoms with E-state index in [1.807, 2.05) is 0 Å². The summed E-state index contributed by atoms with van der Waals surface area (Å²) in [5, 5.41) is 9.85. The highest BCUT2D eigenvalue weighted by Gasteiger charge is 2.34. The maximum Gasteiger partial charge on any atom is 0.408 e. The van der Waals surface area contributed by atoms with Crippen LogP contribution in [0, 0.1) is 5.92 Å². The van der Waals surface area contributed by atoms with Crippen LogP contribution in [0.2, 0.25) is 0 Å². The molecule has 1 heterocycles. The van der Waals surface area contributed by atoms with Crippen molar-refractivity contribution in [2.75, 3.05) is 13.1 Å². The fraction of sp³-hybridized carbons (Fsp3) is 0.667. The Morgan fingerprint density at radius 1 is 1.16 bits per heavy atom. The van der Waals surface area contributed by atoms with Crippen LogP contribution in [0.1, 0.15) is 69.1 Å². The van der Waals surface area contributed by atoms with E-state index in [1.54, 1.807) is 26.2 Å². The molecule has 9 N–H and O–H groups in total. The van der Waals surface area contributed by atoms with Gasteiger partial charge in [-0.2, -0.15) is 0 Å². The van der Waals surface area contributed by atoms with Gasteiger partial charge in [0.05, 0.1) is 12.6 Å². The molecule has 1 aliphatic carbocycles. The summed E-state index contributed by atoms with van der Waals surface area (Å²) < 4.78 is 5.33. The summed E-state index contributed by atoms with van der Waals surface area (Å²) in [5.74, 6) is -1.62. The predicted octanol–water partition coefficient (Wildman–Crippen LogP) is 0.391. The number of nitrogens with one attached hydrogen (secondary N) is 3. The minimum atomic E-state index is -0.891. The highest BCUT2D eigenvalue weighted by molar-refractivity contribution is 7.11. The van der Waals surface area contributed by atoms with Gasteiger partial charge in [-0.05, 0) is 65.2 Å². The van der Waals surface area contributed by atoms with E-state index in [0.29, 0.717) is 25.8 Å². The van der Waals surface area contributed by atoms with Gasteiger partial charge in [-0.15, -0.1) is 11.3 Å². The number of thiazole rings is 1. The molecule has 0 radical (unpaired) electrons. The largest absolute Gasteiger partial charge is 0.444 e. The summed E-state index contributed by atoms with van der Waals surface area (Å²) in [4.78, 5) is 59.1. The molecule has 1 aromatic rings. The van der Waals surface area contributed by atoms with E-state index in [9.17, 15) is 19.2 Å². The molecule has 13 nitrogen and oxygen atoms in total. The quantitative estimate of drug-likeness (QED) is 0.0913. The summed E-state index contributed by atoms with van der Waals surface area (Å²) in [7, 11) is 0. The van der Waals surface area contributed by atoms with Gasteiger partial charge in [0.2, 0.25) is 17.6 Å². The van der Waals surface area contributed by atoms with Crippen LogP contribution >= 0.6 is 11.3 Å². The predicted molar refractivity (Wildman–Crippen MR) is 144 cm³/mol. The number of Topliss-reactive ketones (excluding diaryl/α,β-unsaturated/α-hetero) is 1. The zero-order valence-corrected chi connectivity index (χ0v) is 23.0. The number of nitrogens with zero attached hydrogens (tertiary/aromatic N) is 2. The number of nitrogens with two attached hydrogens (primary N) is 3. The van der Waals surface area contributed by atoms with Crippen molar-refractivity contribution in [3.63, 3.8) is 0 Å². The number of aliphatic imine (C=N–C) groups is 1. The van der Waals surface area contributed by atoms with Crippen LogP contribution < -0.4 is 33.2 Å². The lowest BCUT2D eigenvalue weighted by Gasteiger charge is -2.32. The number of rotatable bonds is 12. The minimum Gasteiger partial charge on any atom is -0.444 e. The first-order valence-electron chi connectivity index (χ1n) is 12.7. The van der Waals surface area contributed by atoms with Gasteiger partial charge in [0, 0.05) is 24.2 Å². The van der Waals surface area contributed by atoms with Gasteiger partial charge in [-0.3, -0.25) is 19.4 Å². The van der Waals surface area contributed by atoms with Gasteiger partial charge < -0.3 is 37.9 Å². The van der Waals surface area contributed by atoms with Crippen LogP contribution in [0.3, 0.4) is 0 Å². The normalized spacial score (nSPS) is 18.9. The Morgan fingerprint density at radius 2 is 1.84 bits per heavy atom. The summed E-state index contributed by atoms with van der Waals surface area (Å²) in [6, 6.07) is -1.70. The maximum atomic E-state index is 13.1. The van der Waals surface area contributed by atoms with E-state index in [-0.39, 0.29) is 41.7 Å². The van der Waals surface area contributed by atoms with Gasteiger partial charge in [-0.1, -0.05) is 0 Å². The number of aromatic nitrogens is 1. The molecule has 0 aliphatic heterocycles. The Balaban J connectivity index is 2.01. The van der Waals surface area contributed by atoms with Crippen LogP contribution in [0.25, 0.3) is 0 Å². The minimum absolute atomic E-state index is 0.0570. The molecule has 1 aromatic heterocycles. The number of hydrogen-bond acceptors (Lipinski definition) is 9. The van der Waals surface area contributed by atoms with Crippen molar-refractivity contribution < 1.29 is 23.9 Å². The molecular weight excluding hydrogens is 512 g/mol.